The van der Waals surface area contributed by atoms with Gasteiger partial charge in [-0.05, 0) is 25.1 Å². The van der Waals surface area contributed by atoms with Gasteiger partial charge in [-0.2, -0.15) is 0 Å². The molecule has 0 spiro atoms. The molecule has 120 valence electrons. The second-order valence-electron chi connectivity index (χ2n) is 5.04. The van der Waals surface area contributed by atoms with E-state index in [2.05, 4.69) is 0 Å². The Bertz CT molecular complexity index is 870. The Kier molecular flexibility index (Phi) is 3.57. The number of fused-ring (bicyclic) bond motifs is 1. The van der Waals surface area contributed by atoms with Crippen molar-refractivity contribution >= 4 is 23.5 Å². The predicted molar refractivity (Wildman–Crippen MR) is 80.2 cm³/mol. The summed E-state index contributed by atoms with van der Waals surface area (Å²) in [6, 6.07) is 9.95. The van der Waals surface area contributed by atoms with Crippen molar-refractivity contribution in [1.82, 2.24) is 5.06 Å². The van der Waals surface area contributed by atoms with E-state index in [0.29, 0.717) is 5.06 Å². The number of hydrogen-bond acceptors (Lipinski definition) is 6. The molecule has 0 N–H and O–H groups in total. The van der Waals surface area contributed by atoms with Gasteiger partial charge in [-0.15, -0.1) is 0 Å². The highest BCUT2D eigenvalue weighted by Crippen LogP contribution is 2.25. The summed E-state index contributed by atoms with van der Waals surface area (Å²) >= 11 is 0. The zero-order chi connectivity index (χ0) is 17.4. The van der Waals surface area contributed by atoms with Crippen molar-refractivity contribution in [3.63, 3.8) is 0 Å². The van der Waals surface area contributed by atoms with Crippen LogP contribution < -0.4 is 0 Å². The Morgan fingerprint density at radius 2 is 1.62 bits per heavy atom. The summed E-state index contributed by atoms with van der Waals surface area (Å²) in [5.41, 5.74) is -0.00574. The molecule has 0 aliphatic carbocycles. The topological polar surface area (TPSA) is 107 Å². The number of hydrogen-bond donors (Lipinski definition) is 0. The van der Waals surface area contributed by atoms with Crippen LogP contribution >= 0.6 is 0 Å². The molecule has 2 aromatic carbocycles. The van der Waals surface area contributed by atoms with Gasteiger partial charge >= 0.3 is 5.97 Å². The summed E-state index contributed by atoms with van der Waals surface area (Å²) in [4.78, 5) is 51.7. The van der Waals surface area contributed by atoms with Gasteiger partial charge in [0.25, 0.3) is 17.5 Å². The molecule has 24 heavy (non-hydrogen) atoms. The molecule has 0 saturated carbocycles. The van der Waals surface area contributed by atoms with E-state index in [1.807, 2.05) is 0 Å². The van der Waals surface area contributed by atoms with Crippen LogP contribution in [-0.2, 0) is 4.84 Å². The molecule has 1 aliphatic rings. The fourth-order valence-corrected chi connectivity index (χ4v) is 2.42. The van der Waals surface area contributed by atoms with Crippen LogP contribution in [0.25, 0.3) is 0 Å². The Hall–Kier alpha value is -3.55. The average Bonchev–Trinajstić information content (AvgIpc) is 2.80. The summed E-state index contributed by atoms with van der Waals surface area (Å²) in [7, 11) is 0. The minimum atomic E-state index is -1.02. The normalized spacial score (nSPS) is 13.0. The van der Waals surface area contributed by atoms with E-state index in [4.69, 9.17) is 4.84 Å². The van der Waals surface area contributed by atoms with Crippen LogP contribution in [0, 0.1) is 17.0 Å². The Morgan fingerprint density at radius 3 is 2.17 bits per heavy atom. The van der Waals surface area contributed by atoms with E-state index >= 15 is 0 Å². The van der Waals surface area contributed by atoms with Crippen molar-refractivity contribution < 1.29 is 24.1 Å². The van der Waals surface area contributed by atoms with Gasteiger partial charge in [-0.3, -0.25) is 19.7 Å². The molecule has 8 nitrogen and oxygen atoms in total. The summed E-state index contributed by atoms with van der Waals surface area (Å²) in [5, 5.41) is 11.3. The van der Waals surface area contributed by atoms with Gasteiger partial charge < -0.3 is 4.84 Å². The number of rotatable bonds is 3. The molecule has 0 atom stereocenters. The highest BCUT2D eigenvalue weighted by Gasteiger charge is 2.39. The predicted octanol–water partition coefficient (Wildman–Crippen LogP) is 2.27. The Balaban J connectivity index is 1.90. The monoisotopic (exact) mass is 326 g/mol. The highest BCUT2D eigenvalue weighted by molar-refractivity contribution is 6.21. The molecule has 1 aliphatic heterocycles. The highest BCUT2D eigenvalue weighted by atomic mass is 16.7. The van der Waals surface area contributed by atoms with Crippen LogP contribution in [0.1, 0.15) is 36.6 Å². The van der Waals surface area contributed by atoms with Gasteiger partial charge in [0.05, 0.1) is 21.6 Å². The third kappa shape index (κ3) is 2.30. The Labute approximate surface area is 135 Å². The van der Waals surface area contributed by atoms with Gasteiger partial charge in [0.1, 0.15) is 0 Å². The number of nitro groups is 1. The van der Waals surface area contributed by atoms with Crippen LogP contribution in [0.3, 0.4) is 0 Å². The molecule has 2 aromatic rings. The van der Waals surface area contributed by atoms with Crippen molar-refractivity contribution in [1.29, 1.82) is 0 Å². The van der Waals surface area contributed by atoms with Crippen LogP contribution in [0.15, 0.2) is 42.5 Å². The quantitative estimate of drug-likeness (QED) is 0.486. The molecule has 0 radical (unpaired) electrons. The fraction of sp³-hybridized carbons (Fsp3) is 0.0625. The number of carbonyl (C=O) groups excluding carboxylic acids is 3. The maximum absolute atomic E-state index is 12.2. The van der Waals surface area contributed by atoms with Crippen molar-refractivity contribution in [2.45, 2.75) is 6.92 Å². The van der Waals surface area contributed by atoms with Gasteiger partial charge in [0.15, 0.2) is 0 Å². The standard InChI is InChI=1S/C16H10N2O6/c1-9-10(7-4-8-13(9)18(22)23)16(21)24-17-14(19)11-5-2-3-6-12(11)15(17)20/h2-8H,1H3. The average molecular weight is 326 g/mol. The molecule has 8 heteroatoms. The molecule has 0 fully saturated rings. The number of nitrogens with zero attached hydrogens (tertiary/aromatic N) is 2. The number of imide groups is 1. The van der Waals surface area contributed by atoms with Crippen molar-refractivity contribution in [3.8, 4) is 0 Å². The molecule has 0 saturated heterocycles. The molecule has 2 amide bonds. The minimum absolute atomic E-state index is 0.0871. The van der Waals surface area contributed by atoms with Crippen molar-refractivity contribution in [2.75, 3.05) is 0 Å². The first-order valence-corrected chi connectivity index (χ1v) is 6.86. The third-order valence-corrected chi connectivity index (χ3v) is 3.65. The summed E-state index contributed by atoms with van der Waals surface area (Å²) in [6.45, 7) is 1.39. The minimum Gasteiger partial charge on any atom is -0.324 e. The van der Waals surface area contributed by atoms with Crippen molar-refractivity contribution in [2.24, 2.45) is 0 Å². The second kappa shape index (κ2) is 5.58. The molecular weight excluding hydrogens is 316 g/mol. The van der Waals surface area contributed by atoms with Gasteiger partial charge in [0, 0.05) is 11.6 Å². The molecule has 0 unspecified atom stereocenters. The Morgan fingerprint density at radius 1 is 1.04 bits per heavy atom. The fourth-order valence-electron chi connectivity index (χ4n) is 2.42. The largest absolute Gasteiger partial charge is 0.364 e. The molecule has 0 aromatic heterocycles. The number of amides is 2. The number of benzene rings is 2. The lowest BCUT2D eigenvalue weighted by Gasteiger charge is -2.13. The molecule has 1 heterocycles. The van der Waals surface area contributed by atoms with E-state index in [1.165, 1.54) is 37.3 Å². The van der Waals surface area contributed by atoms with Gasteiger partial charge in [-0.25, -0.2) is 4.79 Å². The van der Waals surface area contributed by atoms with Gasteiger partial charge in [-0.1, -0.05) is 23.3 Å². The molecule has 3 rings (SSSR count). The van der Waals surface area contributed by atoms with E-state index in [-0.39, 0.29) is 27.9 Å². The van der Waals surface area contributed by atoms with Crippen LogP contribution in [0.4, 0.5) is 5.69 Å². The van der Waals surface area contributed by atoms with Crippen molar-refractivity contribution in [3.05, 3.63) is 74.8 Å². The van der Waals surface area contributed by atoms with E-state index in [9.17, 15) is 24.5 Å². The number of carbonyl (C=O) groups is 3. The first-order valence-electron chi connectivity index (χ1n) is 6.86. The maximum atomic E-state index is 12.2. The lowest BCUT2D eigenvalue weighted by atomic mass is 10.1. The first kappa shape index (κ1) is 15.3. The number of nitro benzene ring substituents is 1. The third-order valence-electron chi connectivity index (χ3n) is 3.65. The van der Waals surface area contributed by atoms with E-state index in [1.54, 1.807) is 12.1 Å². The zero-order valence-corrected chi connectivity index (χ0v) is 12.4. The smallest absolute Gasteiger partial charge is 0.324 e. The SMILES string of the molecule is Cc1c(C(=O)ON2C(=O)c3ccccc3C2=O)cccc1[N+](=O)[O-]. The number of hydroxylamine groups is 2. The molecule has 0 bridgehead atoms. The van der Waals surface area contributed by atoms with E-state index in [0.717, 1.165) is 0 Å². The summed E-state index contributed by atoms with van der Waals surface area (Å²) < 4.78 is 0. The van der Waals surface area contributed by atoms with Crippen LogP contribution in [-0.4, -0.2) is 27.8 Å². The zero-order valence-electron chi connectivity index (χ0n) is 12.4. The summed E-state index contributed by atoms with van der Waals surface area (Å²) in [6.07, 6.45) is 0. The lowest BCUT2D eigenvalue weighted by molar-refractivity contribution is -0.385. The maximum Gasteiger partial charge on any atom is 0.364 e. The van der Waals surface area contributed by atoms with Crippen LogP contribution in [0.2, 0.25) is 0 Å². The first-order chi connectivity index (χ1) is 11.4. The van der Waals surface area contributed by atoms with Crippen LogP contribution in [0.5, 0.6) is 0 Å². The second-order valence-corrected chi connectivity index (χ2v) is 5.04. The van der Waals surface area contributed by atoms with E-state index < -0.39 is 22.7 Å². The lowest BCUT2D eigenvalue weighted by Crippen LogP contribution is -2.32. The van der Waals surface area contributed by atoms with Gasteiger partial charge in [0.2, 0.25) is 0 Å². The summed E-state index contributed by atoms with van der Waals surface area (Å²) in [5.74, 6) is -2.54. The molecular formula is C16H10N2O6.